The molecule has 1 aliphatic heterocycles. The lowest BCUT2D eigenvalue weighted by Gasteiger charge is -2.33. The third-order valence-electron chi connectivity index (χ3n) is 5.73. The molecule has 9 nitrogen and oxygen atoms in total. The number of hydrogen-bond acceptors (Lipinski definition) is 8. The summed E-state index contributed by atoms with van der Waals surface area (Å²) in [5, 5.41) is 1.61. The lowest BCUT2D eigenvalue weighted by atomic mass is 9.95. The van der Waals surface area contributed by atoms with Gasteiger partial charge in [0.25, 0.3) is 0 Å². The number of hydrogen-bond donors (Lipinski definition) is 4. The van der Waals surface area contributed by atoms with Gasteiger partial charge in [0.15, 0.2) is 0 Å². The Hall–Kier alpha value is -3.47. The van der Waals surface area contributed by atoms with Gasteiger partial charge < -0.3 is 36.6 Å². The zero-order valence-electron chi connectivity index (χ0n) is 22.4. The van der Waals surface area contributed by atoms with E-state index in [2.05, 4.69) is 6.58 Å². The molecule has 0 bridgehead atoms. The first kappa shape index (κ1) is 30.8. The number of carbonyl (C=O) groups is 1. The van der Waals surface area contributed by atoms with Crippen molar-refractivity contribution < 1.29 is 14.3 Å². The van der Waals surface area contributed by atoms with Crippen molar-refractivity contribution in [2.45, 2.75) is 19.9 Å². The average molecular weight is 523 g/mol. The number of nitrogens with two attached hydrogens (primary N) is 4. The minimum atomic E-state index is -0.0501. The van der Waals surface area contributed by atoms with Crippen molar-refractivity contribution in [2.75, 3.05) is 51.0 Å². The molecule has 0 aromatic heterocycles. The van der Waals surface area contributed by atoms with E-state index in [4.69, 9.17) is 32.5 Å². The first-order chi connectivity index (χ1) is 18.5. The molecule has 38 heavy (non-hydrogen) atoms. The monoisotopic (exact) mass is 522 g/mol. The van der Waals surface area contributed by atoms with Gasteiger partial charge in [-0.25, -0.2) is 5.84 Å². The molecule has 3 rings (SSSR count). The van der Waals surface area contributed by atoms with E-state index in [0.717, 1.165) is 22.4 Å². The molecule has 0 saturated heterocycles. The molecule has 0 unspecified atom stereocenters. The van der Waals surface area contributed by atoms with Crippen molar-refractivity contribution in [3.8, 4) is 0 Å². The van der Waals surface area contributed by atoms with E-state index in [9.17, 15) is 4.79 Å². The van der Waals surface area contributed by atoms with Crippen LogP contribution in [0, 0.1) is 0 Å². The zero-order valence-corrected chi connectivity index (χ0v) is 22.4. The molecule has 206 valence electrons. The predicted molar refractivity (Wildman–Crippen MR) is 155 cm³/mol. The van der Waals surface area contributed by atoms with Crippen LogP contribution >= 0.6 is 0 Å². The first-order valence-corrected chi connectivity index (χ1v) is 12.8. The van der Waals surface area contributed by atoms with Gasteiger partial charge in [-0.2, -0.15) is 0 Å². The summed E-state index contributed by atoms with van der Waals surface area (Å²) in [6.45, 7) is 8.87. The number of anilines is 1. The maximum Gasteiger partial charge on any atom is 0.228 e. The molecule has 9 heteroatoms. The lowest BCUT2D eigenvalue weighted by Crippen LogP contribution is -2.38. The van der Waals surface area contributed by atoms with Gasteiger partial charge in [0.1, 0.15) is 0 Å². The number of rotatable bonds is 12. The molecule has 2 aromatic carbocycles. The Balaban J connectivity index is 0.000000926. The number of allylic oxidation sites excluding steroid dienone is 3. The van der Waals surface area contributed by atoms with Gasteiger partial charge >= 0.3 is 0 Å². The molecule has 0 spiro atoms. The van der Waals surface area contributed by atoms with E-state index >= 15 is 0 Å². The number of carbonyl (C=O) groups excluding carboxylic acids is 1. The topological polar surface area (TPSA) is 146 Å². The Morgan fingerprint density at radius 2 is 1.66 bits per heavy atom. The summed E-state index contributed by atoms with van der Waals surface area (Å²) < 4.78 is 11.0. The first-order valence-electron chi connectivity index (χ1n) is 12.8. The second-order valence-corrected chi connectivity index (χ2v) is 8.42. The van der Waals surface area contributed by atoms with E-state index in [1.165, 1.54) is 0 Å². The summed E-state index contributed by atoms with van der Waals surface area (Å²) in [6, 6.07) is 15.4. The summed E-state index contributed by atoms with van der Waals surface area (Å²) >= 11 is 0. The van der Waals surface area contributed by atoms with Crippen molar-refractivity contribution in [3.05, 3.63) is 90.0 Å². The summed E-state index contributed by atoms with van der Waals surface area (Å²) in [4.78, 5) is 14.7. The van der Waals surface area contributed by atoms with Crippen LogP contribution in [0.2, 0.25) is 0 Å². The molecule has 0 radical (unpaired) electrons. The third-order valence-corrected chi connectivity index (χ3v) is 5.73. The van der Waals surface area contributed by atoms with E-state index in [-0.39, 0.29) is 18.9 Å². The Kier molecular flexibility index (Phi) is 13.9. The van der Waals surface area contributed by atoms with Gasteiger partial charge in [-0.15, -0.1) is 0 Å². The fourth-order valence-electron chi connectivity index (χ4n) is 3.96. The van der Waals surface area contributed by atoms with Crippen molar-refractivity contribution in [2.24, 2.45) is 23.0 Å². The van der Waals surface area contributed by atoms with E-state index in [1.807, 2.05) is 67.6 Å². The fraction of sp³-hybridized carbons (Fsp3) is 0.345. The van der Waals surface area contributed by atoms with Gasteiger partial charge in [0, 0.05) is 30.6 Å². The molecule has 1 amide bonds. The lowest BCUT2D eigenvalue weighted by molar-refractivity contribution is -0.118. The van der Waals surface area contributed by atoms with Crippen molar-refractivity contribution >= 4 is 23.0 Å². The Bertz CT molecular complexity index is 1090. The van der Waals surface area contributed by atoms with E-state index in [0.29, 0.717) is 57.5 Å². The van der Waals surface area contributed by atoms with Crippen LogP contribution in [-0.4, -0.2) is 57.0 Å². The van der Waals surface area contributed by atoms with Crippen LogP contribution in [0.1, 0.15) is 30.0 Å². The normalized spacial score (nSPS) is 14.6. The molecule has 0 saturated carbocycles. The van der Waals surface area contributed by atoms with Gasteiger partial charge in [0.05, 0.1) is 56.6 Å². The number of para-hydroxylation sites is 1. The number of amides is 1. The largest absolute Gasteiger partial charge is 0.396 e. The predicted octanol–water partition coefficient (Wildman–Crippen LogP) is 2.58. The van der Waals surface area contributed by atoms with Gasteiger partial charge in [0.2, 0.25) is 5.91 Å². The van der Waals surface area contributed by atoms with Crippen LogP contribution in [-0.2, 0) is 20.8 Å². The zero-order chi connectivity index (χ0) is 27.8. The number of fused-ring (bicyclic) bond motifs is 2. The molecule has 0 atom stereocenters. The number of benzene rings is 2. The number of nitrogens with zero attached hydrogens (tertiary/aromatic N) is 2. The molecule has 8 N–H and O–H groups in total. The van der Waals surface area contributed by atoms with Crippen LogP contribution in [0.4, 0.5) is 5.69 Å². The molecule has 0 aliphatic carbocycles. The molecule has 1 aliphatic rings. The molecule has 0 fully saturated rings. The summed E-state index contributed by atoms with van der Waals surface area (Å²) in [6.07, 6.45) is 5.83. The van der Waals surface area contributed by atoms with Crippen LogP contribution in [0.5, 0.6) is 0 Å². The van der Waals surface area contributed by atoms with Gasteiger partial charge in [-0.3, -0.25) is 4.79 Å². The van der Waals surface area contributed by atoms with Crippen LogP contribution in [0.15, 0.2) is 73.3 Å². The maximum atomic E-state index is 12.9. The Morgan fingerprint density at radius 3 is 2.29 bits per heavy atom. The Labute approximate surface area is 226 Å². The average Bonchev–Trinajstić information content (AvgIpc) is 2.92. The SMILES string of the molecule is C=C/C=C\C.NCCOCCOCCN(N)/C1=C(\N)c2ccccc2N(C(=O)CCN)Cc2ccccc21. The summed E-state index contributed by atoms with van der Waals surface area (Å²) in [7, 11) is 0. The van der Waals surface area contributed by atoms with Crippen molar-refractivity contribution in [3.63, 3.8) is 0 Å². The molecular formula is C29H42N6O3. The second-order valence-electron chi connectivity index (χ2n) is 8.42. The van der Waals surface area contributed by atoms with Gasteiger partial charge in [-0.1, -0.05) is 67.3 Å². The minimum Gasteiger partial charge on any atom is -0.396 e. The highest BCUT2D eigenvalue weighted by Gasteiger charge is 2.27. The van der Waals surface area contributed by atoms with Gasteiger partial charge in [-0.05, 0) is 18.6 Å². The fourth-order valence-corrected chi connectivity index (χ4v) is 3.96. The smallest absolute Gasteiger partial charge is 0.228 e. The summed E-state index contributed by atoms with van der Waals surface area (Å²) in [5.41, 5.74) is 22.3. The molecular weight excluding hydrogens is 480 g/mol. The van der Waals surface area contributed by atoms with Crippen LogP contribution in [0.3, 0.4) is 0 Å². The third kappa shape index (κ3) is 8.83. The summed E-state index contributed by atoms with van der Waals surface area (Å²) in [5.74, 6) is 6.46. The molecule has 2 aromatic rings. The Morgan fingerprint density at radius 1 is 1.00 bits per heavy atom. The van der Waals surface area contributed by atoms with Crippen LogP contribution in [0.25, 0.3) is 11.4 Å². The highest BCUT2D eigenvalue weighted by Crippen LogP contribution is 2.36. The minimum absolute atomic E-state index is 0.0501. The van der Waals surface area contributed by atoms with Crippen molar-refractivity contribution in [1.82, 2.24) is 5.01 Å². The molecule has 1 heterocycles. The van der Waals surface area contributed by atoms with Crippen molar-refractivity contribution in [1.29, 1.82) is 0 Å². The highest BCUT2D eigenvalue weighted by molar-refractivity contribution is 6.01. The van der Waals surface area contributed by atoms with E-state index in [1.54, 1.807) is 16.0 Å². The second kappa shape index (κ2) is 17.1. The van der Waals surface area contributed by atoms with E-state index < -0.39 is 0 Å². The number of ether oxygens (including phenoxy) is 2. The highest BCUT2D eigenvalue weighted by atomic mass is 16.5. The van der Waals surface area contributed by atoms with Crippen LogP contribution < -0.4 is 27.9 Å². The maximum absolute atomic E-state index is 12.9. The quantitative estimate of drug-likeness (QED) is 0.144. The standard InChI is InChI=1S/C24H34N6O3.C5H8/c25-10-9-22(31)29-17-18-5-1-2-6-19(18)24(23(27)20-7-3-4-8-21(20)29)30(28)12-14-33-16-15-32-13-11-26;1-3-5-4-2/h1-8H,9-17,25-28H2;3-5H,1H2,2H3/b24-23-;5-4-. The number of hydrazine groups is 1.